The van der Waals surface area contributed by atoms with Gasteiger partial charge in [-0.1, -0.05) is 6.07 Å². The summed E-state index contributed by atoms with van der Waals surface area (Å²) >= 11 is 0. The fraction of sp³-hybridized carbons (Fsp3) is 0.500. The number of ketones is 1. The quantitative estimate of drug-likeness (QED) is 0.296. The lowest BCUT2D eigenvalue weighted by atomic mass is 9.93. The van der Waals surface area contributed by atoms with Crippen LogP contribution in [0.3, 0.4) is 0 Å². The van der Waals surface area contributed by atoms with Gasteiger partial charge in [0.25, 0.3) is 0 Å². The largest absolute Gasteiger partial charge is 0.504 e. The summed E-state index contributed by atoms with van der Waals surface area (Å²) in [6, 6.07) is 4.17. The molecule has 0 atom stereocenters. The number of ether oxygens (including phenoxy) is 1. The van der Waals surface area contributed by atoms with Crippen molar-refractivity contribution in [2.75, 3.05) is 19.8 Å². The minimum absolute atomic E-state index is 0.0149. The molecule has 0 fully saturated rings. The van der Waals surface area contributed by atoms with E-state index in [4.69, 9.17) is 14.9 Å². The Morgan fingerprint density at radius 1 is 1.13 bits per heavy atom. The van der Waals surface area contributed by atoms with Crippen LogP contribution < -0.4 is 0 Å². The van der Waals surface area contributed by atoms with Gasteiger partial charge in [-0.05, 0) is 31.0 Å². The van der Waals surface area contributed by atoms with Crippen molar-refractivity contribution in [2.45, 2.75) is 26.2 Å². The number of benzene rings is 1. The van der Waals surface area contributed by atoms with Crippen LogP contribution in [0.15, 0.2) is 18.2 Å². The molecule has 0 saturated heterocycles. The maximum Gasteiger partial charge on any atom is 0.316 e. The van der Waals surface area contributed by atoms with Crippen LogP contribution in [0.1, 0.15) is 25.3 Å². The van der Waals surface area contributed by atoms with Crippen molar-refractivity contribution in [1.29, 1.82) is 0 Å². The molecule has 1 aromatic carbocycles. The van der Waals surface area contributed by atoms with E-state index in [-0.39, 0.29) is 36.7 Å². The third-order valence-corrected chi connectivity index (χ3v) is 3.46. The fourth-order valence-corrected chi connectivity index (χ4v) is 1.78. The first-order valence-corrected chi connectivity index (χ1v) is 7.24. The van der Waals surface area contributed by atoms with Crippen molar-refractivity contribution >= 4 is 11.8 Å². The van der Waals surface area contributed by atoms with E-state index in [9.17, 15) is 19.8 Å². The summed E-state index contributed by atoms with van der Waals surface area (Å²) in [5, 5.41) is 36.6. The van der Waals surface area contributed by atoms with Crippen molar-refractivity contribution in [1.82, 2.24) is 0 Å². The van der Waals surface area contributed by atoms with Gasteiger partial charge < -0.3 is 25.2 Å². The zero-order chi connectivity index (χ0) is 17.5. The Hall–Kier alpha value is -2.12. The van der Waals surface area contributed by atoms with Crippen molar-refractivity contribution in [3.8, 4) is 11.5 Å². The predicted octanol–water partition coefficient (Wildman–Crippen LogP) is 0.524. The minimum atomic E-state index is -1.34. The van der Waals surface area contributed by atoms with Gasteiger partial charge in [-0.2, -0.15) is 0 Å². The van der Waals surface area contributed by atoms with E-state index in [1.807, 2.05) is 0 Å². The van der Waals surface area contributed by atoms with E-state index in [2.05, 4.69) is 0 Å². The first-order chi connectivity index (χ1) is 10.8. The lowest BCUT2D eigenvalue weighted by molar-refractivity contribution is -0.160. The molecular formula is C16H22O7. The number of aliphatic hydroxyl groups is 2. The van der Waals surface area contributed by atoms with Crippen molar-refractivity contribution < 1.29 is 34.8 Å². The highest BCUT2D eigenvalue weighted by molar-refractivity contribution is 5.81. The minimum Gasteiger partial charge on any atom is -0.504 e. The van der Waals surface area contributed by atoms with E-state index >= 15 is 0 Å². The Labute approximate surface area is 134 Å². The number of esters is 1. The second kappa shape index (κ2) is 8.50. The number of carbonyl (C=O) groups excluding carboxylic acids is 2. The topological polar surface area (TPSA) is 124 Å². The normalized spacial score (nSPS) is 11.3. The van der Waals surface area contributed by atoms with Gasteiger partial charge in [-0.3, -0.25) is 9.59 Å². The molecule has 7 heteroatoms. The van der Waals surface area contributed by atoms with Gasteiger partial charge in [0.1, 0.15) is 11.2 Å². The van der Waals surface area contributed by atoms with Crippen LogP contribution in [0, 0.1) is 5.41 Å². The summed E-state index contributed by atoms with van der Waals surface area (Å²) in [5.74, 6) is -1.34. The molecule has 4 N–H and O–H groups in total. The highest BCUT2D eigenvalue weighted by Gasteiger charge is 2.33. The van der Waals surface area contributed by atoms with Gasteiger partial charge in [0.15, 0.2) is 11.5 Å². The van der Waals surface area contributed by atoms with Crippen molar-refractivity contribution in [2.24, 2.45) is 5.41 Å². The van der Waals surface area contributed by atoms with Gasteiger partial charge in [0.05, 0.1) is 19.8 Å². The number of hydrogen-bond acceptors (Lipinski definition) is 7. The highest BCUT2D eigenvalue weighted by atomic mass is 16.5. The average molecular weight is 326 g/mol. The number of carbonyl (C=O) groups is 2. The van der Waals surface area contributed by atoms with E-state index in [0.29, 0.717) is 12.0 Å². The molecule has 0 spiro atoms. The Bertz CT molecular complexity index is 549. The predicted molar refractivity (Wildman–Crippen MR) is 81.0 cm³/mol. The molecule has 128 valence electrons. The third-order valence-electron chi connectivity index (χ3n) is 3.46. The molecule has 23 heavy (non-hydrogen) atoms. The summed E-state index contributed by atoms with van der Waals surface area (Å²) in [5.41, 5.74) is -0.761. The maximum absolute atomic E-state index is 11.8. The van der Waals surface area contributed by atoms with Crippen molar-refractivity contribution in [3.63, 3.8) is 0 Å². The van der Waals surface area contributed by atoms with Crippen LogP contribution in [0.4, 0.5) is 0 Å². The number of phenols is 2. The molecule has 0 aromatic heterocycles. The second-order valence-corrected chi connectivity index (χ2v) is 5.65. The zero-order valence-electron chi connectivity index (χ0n) is 13.0. The van der Waals surface area contributed by atoms with E-state index in [1.165, 1.54) is 19.1 Å². The summed E-state index contributed by atoms with van der Waals surface area (Å²) in [4.78, 5) is 23.5. The number of hydrogen-bond donors (Lipinski definition) is 4. The average Bonchev–Trinajstić information content (AvgIpc) is 2.54. The molecule has 0 aliphatic carbocycles. The van der Waals surface area contributed by atoms with Gasteiger partial charge >= 0.3 is 5.97 Å². The number of aromatic hydroxyl groups is 2. The Morgan fingerprint density at radius 2 is 1.78 bits per heavy atom. The summed E-state index contributed by atoms with van der Waals surface area (Å²) in [7, 11) is 0. The number of rotatable bonds is 9. The smallest absolute Gasteiger partial charge is 0.316 e. The van der Waals surface area contributed by atoms with E-state index in [1.54, 1.807) is 6.07 Å². The SMILES string of the molecule is CC(CO)(CO)C(=O)OCCCC(=O)Cc1ccc(O)c(O)c1. The van der Waals surface area contributed by atoms with Crippen LogP contribution in [0.2, 0.25) is 0 Å². The molecule has 0 radical (unpaired) electrons. The molecule has 0 aliphatic rings. The third kappa shape index (κ3) is 5.54. The molecule has 0 unspecified atom stereocenters. The molecule has 0 bridgehead atoms. The summed E-state index contributed by atoms with van der Waals surface area (Å²) < 4.78 is 4.94. The first-order valence-electron chi connectivity index (χ1n) is 7.24. The van der Waals surface area contributed by atoms with E-state index in [0.717, 1.165) is 0 Å². The molecular weight excluding hydrogens is 304 g/mol. The first kappa shape index (κ1) is 18.9. The molecule has 0 aliphatic heterocycles. The van der Waals surface area contributed by atoms with E-state index < -0.39 is 24.6 Å². The van der Waals surface area contributed by atoms with Gasteiger partial charge in [0.2, 0.25) is 0 Å². The molecule has 0 saturated carbocycles. The molecule has 7 nitrogen and oxygen atoms in total. The molecule has 1 rings (SSSR count). The van der Waals surface area contributed by atoms with Crippen LogP contribution in [0.5, 0.6) is 11.5 Å². The number of Topliss-reactive ketones (excluding diaryl/α,β-unsaturated/α-hetero) is 1. The maximum atomic E-state index is 11.8. The summed E-state index contributed by atoms with van der Waals surface area (Å²) in [6.45, 7) is 0.357. The Kier molecular flexibility index (Phi) is 6.99. The van der Waals surface area contributed by atoms with Crippen LogP contribution >= 0.6 is 0 Å². The monoisotopic (exact) mass is 326 g/mol. The van der Waals surface area contributed by atoms with Crippen LogP contribution in [0.25, 0.3) is 0 Å². The van der Waals surface area contributed by atoms with Gasteiger partial charge in [-0.25, -0.2) is 0 Å². The lowest BCUT2D eigenvalue weighted by Gasteiger charge is -2.22. The Balaban J connectivity index is 2.34. The van der Waals surface area contributed by atoms with Gasteiger partial charge in [0, 0.05) is 12.8 Å². The highest BCUT2D eigenvalue weighted by Crippen LogP contribution is 2.25. The number of phenolic OH excluding ortho intramolecular Hbond substituents is 2. The second-order valence-electron chi connectivity index (χ2n) is 5.65. The van der Waals surface area contributed by atoms with Crippen LogP contribution in [-0.2, 0) is 20.7 Å². The lowest BCUT2D eigenvalue weighted by Crippen LogP contribution is -2.37. The van der Waals surface area contributed by atoms with Crippen molar-refractivity contribution in [3.05, 3.63) is 23.8 Å². The fourth-order valence-electron chi connectivity index (χ4n) is 1.78. The zero-order valence-corrected chi connectivity index (χ0v) is 13.0. The molecule has 1 aromatic rings. The molecule has 0 heterocycles. The Morgan fingerprint density at radius 3 is 2.35 bits per heavy atom. The van der Waals surface area contributed by atoms with Crippen LogP contribution in [-0.4, -0.2) is 52.0 Å². The van der Waals surface area contributed by atoms with Gasteiger partial charge in [-0.15, -0.1) is 0 Å². The molecule has 0 amide bonds. The standard InChI is InChI=1S/C16H22O7/c1-16(9-17,10-18)15(22)23-6-2-3-12(19)7-11-4-5-13(20)14(21)8-11/h4-5,8,17-18,20-21H,2-3,6-7,9-10H2,1H3. The number of aliphatic hydroxyl groups excluding tert-OH is 2. The summed E-state index contributed by atoms with van der Waals surface area (Å²) in [6.07, 6.45) is 0.609.